The molecule has 1 heterocycles. The zero-order chi connectivity index (χ0) is 12.6. The van der Waals surface area contributed by atoms with E-state index in [1.54, 1.807) is 4.90 Å². The van der Waals surface area contributed by atoms with E-state index >= 15 is 0 Å². The fourth-order valence-corrected chi connectivity index (χ4v) is 2.95. The van der Waals surface area contributed by atoms with Crippen LogP contribution >= 0.6 is 0 Å². The van der Waals surface area contributed by atoms with Gasteiger partial charge in [-0.1, -0.05) is 12.1 Å². The van der Waals surface area contributed by atoms with Crippen LogP contribution in [0.2, 0.25) is 0 Å². The Morgan fingerprint density at radius 1 is 1.53 bits per heavy atom. The van der Waals surface area contributed by atoms with Gasteiger partial charge in [0, 0.05) is 13.1 Å². The summed E-state index contributed by atoms with van der Waals surface area (Å²) in [5.41, 5.74) is 4.83. The highest BCUT2D eigenvalue weighted by Gasteiger charge is 2.54. The summed E-state index contributed by atoms with van der Waals surface area (Å²) in [5, 5.41) is 21.3. The standard InChI is InChI=1S/C11H19N3O3/c1-7-4-11(5-7,9(12)13-17)10(16)14-3-2-8(15)6-14/h7-8,15,17H,2-6H2,1H3,(H2,12,13). The summed E-state index contributed by atoms with van der Waals surface area (Å²) in [6.07, 6.45) is 1.40. The van der Waals surface area contributed by atoms with Gasteiger partial charge in [-0.05, 0) is 25.2 Å². The fourth-order valence-electron chi connectivity index (χ4n) is 2.95. The Kier molecular flexibility index (Phi) is 2.99. The third-order valence-corrected chi connectivity index (χ3v) is 3.85. The van der Waals surface area contributed by atoms with Gasteiger partial charge in [-0.3, -0.25) is 4.79 Å². The summed E-state index contributed by atoms with van der Waals surface area (Å²) >= 11 is 0. The number of aliphatic hydroxyl groups excluding tert-OH is 1. The van der Waals surface area contributed by atoms with Crippen molar-refractivity contribution in [3.05, 3.63) is 0 Å². The number of nitrogens with two attached hydrogens (primary N) is 1. The average molecular weight is 241 g/mol. The van der Waals surface area contributed by atoms with Crippen LogP contribution in [0.3, 0.4) is 0 Å². The molecule has 17 heavy (non-hydrogen) atoms. The van der Waals surface area contributed by atoms with Gasteiger partial charge >= 0.3 is 0 Å². The molecule has 1 saturated heterocycles. The molecule has 0 aromatic heterocycles. The van der Waals surface area contributed by atoms with Gasteiger partial charge in [-0.25, -0.2) is 0 Å². The molecule has 1 aliphatic heterocycles. The quantitative estimate of drug-likeness (QED) is 0.268. The Balaban J connectivity index is 2.15. The SMILES string of the molecule is CC1CC(C(=O)N2CCC(O)C2)(C(N)=NO)C1. The molecule has 1 aliphatic carbocycles. The van der Waals surface area contributed by atoms with Gasteiger partial charge in [-0.15, -0.1) is 0 Å². The maximum Gasteiger partial charge on any atom is 0.236 e. The Hall–Kier alpha value is -1.30. The zero-order valence-corrected chi connectivity index (χ0v) is 9.96. The predicted octanol–water partition coefficient (Wildman–Crippen LogP) is -0.258. The lowest BCUT2D eigenvalue weighted by atomic mass is 9.61. The average Bonchev–Trinajstić information content (AvgIpc) is 2.69. The lowest BCUT2D eigenvalue weighted by Gasteiger charge is -2.45. The fraction of sp³-hybridized carbons (Fsp3) is 0.818. The number of amides is 1. The minimum absolute atomic E-state index is 0.00184. The first-order chi connectivity index (χ1) is 7.99. The van der Waals surface area contributed by atoms with Crippen molar-refractivity contribution in [2.45, 2.75) is 32.3 Å². The molecule has 96 valence electrons. The smallest absolute Gasteiger partial charge is 0.236 e. The summed E-state index contributed by atoms with van der Waals surface area (Å²) in [7, 11) is 0. The Bertz CT molecular complexity index is 350. The topological polar surface area (TPSA) is 99.2 Å². The number of hydrogen-bond acceptors (Lipinski definition) is 4. The molecule has 1 unspecified atom stereocenters. The normalized spacial score (nSPS) is 38.0. The van der Waals surface area contributed by atoms with Crippen LogP contribution in [0, 0.1) is 11.3 Å². The molecule has 2 aliphatic rings. The van der Waals surface area contributed by atoms with Crippen molar-refractivity contribution in [1.82, 2.24) is 4.90 Å². The molecule has 1 amide bonds. The molecule has 0 radical (unpaired) electrons. The van der Waals surface area contributed by atoms with Crippen molar-refractivity contribution >= 4 is 11.7 Å². The van der Waals surface area contributed by atoms with E-state index in [0.717, 1.165) is 0 Å². The highest BCUT2D eigenvalue weighted by Crippen LogP contribution is 2.47. The first-order valence-corrected chi connectivity index (χ1v) is 5.95. The number of β-amino-alcohol motifs (C(OH)–C–C–N with tert-alkyl or cyclic N) is 1. The number of nitrogens with zero attached hydrogens (tertiary/aromatic N) is 2. The van der Waals surface area contributed by atoms with E-state index in [0.29, 0.717) is 38.3 Å². The van der Waals surface area contributed by atoms with Gasteiger partial charge in [0.2, 0.25) is 5.91 Å². The Morgan fingerprint density at radius 2 is 2.18 bits per heavy atom. The number of carbonyl (C=O) groups is 1. The number of rotatable bonds is 2. The highest BCUT2D eigenvalue weighted by atomic mass is 16.4. The number of likely N-dealkylation sites (tertiary alicyclic amines) is 1. The van der Waals surface area contributed by atoms with E-state index in [-0.39, 0.29) is 11.7 Å². The summed E-state index contributed by atoms with van der Waals surface area (Å²) < 4.78 is 0. The van der Waals surface area contributed by atoms with Crippen LogP contribution in [0.1, 0.15) is 26.2 Å². The van der Waals surface area contributed by atoms with Crippen LogP contribution < -0.4 is 5.73 Å². The van der Waals surface area contributed by atoms with Crippen LogP contribution in [-0.4, -0.2) is 46.1 Å². The molecule has 2 rings (SSSR count). The third kappa shape index (κ3) is 1.86. The monoisotopic (exact) mass is 241 g/mol. The van der Waals surface area contributed by atoms with Gasteiger partial charge in [0.1, 0.15) is 5.41 Å². The third-order valence-electron chi connectivity index (χ3n) is 3.85. The van der Waals surface area contributed by atoms with E-state index in [2.05, 4.69) is 5.16 Å². The molecule has 6 nitrogen and oxygen atoms in total. The number of oxime groups is 1. The molecule has 0 bridgehead atoms. The first-order valence-electron chi connectivity index (χ1n) is 5.95. The maximum atomic E-state index is 12.4. The number of hydrogen-bond donors (Lipinski definition) is 3. The molecule has 0 aromatic carbocycles. The maximum absolute atomic E-state index is 12.4. The molecular weight excluding hydrogens is 222 g/mol. The van der Waals surface area contributed by atoms with Crippen LogP contribution in [0.25, 0.3) is 0 Å². The van der Waals surface area contributed by atoms with Gasteiger partial charge in [0.15, 0.2) is 5.84 Å². The van der Waals surface area contributed by atoms with Gasteiger partial charge < -0.3 is 20.9 Å². The summed E-state index contributed by atoms with van der Waals surface area (Å²) in [4.78, 5) is 14.0. The van der Waals surface area contributed by atoms with Crippen molar-refractivity contribution in [3.8, 4) is 0 Å². The van der Waals surface area contributed by atoms with Gasteiger partial charge in [0.25, 0.3) is 0 Å². The summed E-state index contributed by atoms with van der Waals surface area (Å²) in [6, 6.07) is 0. The molecule has 6 heteroatoms. The van der Waals surface area contributed by atoms with Crippen molar-refractivity contribution in [2.75, 3.05) is 13.1 Å². The summed E-state index contributed by atoms with van der Waals surface area (Å²) in [6.45, 7) is 2.94. The van der Waals surface area contributed by atoms with E-state index in [1.807, 2.05) is 6.92 Å². The second-order valence-corrected chi connectivity index (χ2v) is 5.27. The van der Waals surface area contributed by atoms with E-state index in [4.69, 9.17) is 10.9 Å². The highest BCUT2D eigenvalue weighted by molar-refractivity contribution is 6.07. The second kappa shape index (κ2) is 4.18. The largest absolute Gasteiger partial charge is 0.409 e. The molecule has 1 saturated carbocycles. The van der Waals surface area contributed by atoms with Crippen LogP contribution in [0.15, 0.2) is 5.16 Å². The lowest BCUT2D eigenvalue weighted by Crippen LogP contribution is -2.57. The van der Waals surface area contributed by atoms with E-state index in [1.165, 1.54) is 0 Å². The number of aliphatic hydroxyl groups is 1. The van der Waals surface area contributed by atoms with Crippen LogP contribution in [0.4, 0.5) is 0 Å². The summed E-state index contributed by atoms with van der Waals surface area (Å²) in [5.74, 6) is 0.302. The lowest BCUT2D eigenvalue weighted by molar-refractivity contribution is -0.143. The molecular formula is C11H19N3O3. The van der Waals surface area contributed by atoms with E-state index in [9.17, 15) is 9.90 Å². The number of carbonyl (C=O) groups excluding carboxylic acids is 1. The van der Waals surface area contributed by atoms with Crippen molar-refractivity contribution in [1.29, 1.82) is 0 Å². The minimum atomic E-state index is -0.835. The zero-order valence-electron chi connectivity index (χ0n) is 9.96. The van der Waals surface area contributed by atoms with Crippen molar-refractivity contribution < 1.29 is 15.1 Å². The molecule has 4 N–H and O–H groups in total. The minimum Gasteiger partial charge on any atom is -0.409 e. The Labute approximate surface area is 100 Å². The van der Waals surface area contributed by atoms with E-state index < -0.39 is 11.5 Å². The first kappa shape index (κ1) is 12.2. The van der Waals surface area contributed by atoms with Gasteiger partial charge in [0.05, 0.1) is 6.10 Å². The second-order valence-electron chi connectivity index (χ2n) is 5.27. The van der Waals surface area contributed by atoms with Crippen molar-refractivity contribution in [2.24, 2.45) is 22.2 Å². The molecule has 0 aromatic rings. The molecule has 1 atom stereocenters. The Morgan fingerprint density at radius 3 is 2.59 bits per heavy atom. The predicted molar refractivity (Wildman–Crippen MR) is 61.4 cm³/mol. The molecule has 2 fully saturated rings. The number of amidine groups is 1. The van der Waals surface area contributed by atoms with Crippen LogP contribution in [0.5, 0.6) is 0 Å². The van der Waals surface area contributed by atoms with Crippen LogP contribution in [-0.2, 0) is 4.79 Å². The van der Waals surface area contributed by atoms with Crippen molar-refractivity contribution in [3.63, 3.8) is 0 Å². The van der Waals surface area contributed by atoms with Gasteiger partial charge in [-0.2, -0.15) is 0 Å². The molecule has 0 spiro atoms.